The number of hydrogen-bond donors (Lipinski definition) is 1. The van der Waals surface area contributed by atoms with Crippen LogP contribution in [0.25, 0.3) is 0 Å². The maximum atomic E-state index is 9.27. The molecular formula is C15H24O2. The van der Waals surface area contributed by atoms with Crippen molar-refractivity contribution in [1.82, 2.24) is 0 Å². The van der Waals surface area contributed by atoms with E-state index < -0.39 is 0 Å². The second kappa shape index (κ2) is 3.83. The van der Waals surface area contributed by atoms with Crippen LogP contribution in [0.2, 0.25) is 0 Å². The highest BCUT2D eigenvalue weighted by Gasteiger charge is 2.59. The van der Waals surface area contributed by atoms with E-state index in [4.69, 9.17) is 4.74 Å². The van der Waals surface area contributed by atoms with Crippen LogP contribution >= 0.6 is 0 Å². The third-order valence-corrected chi connectivity index (χ3v) is 5.33. The van der Waals surface area contributed by atoms with Crippen LogP contribution in [0.4, 0.5) is 0 Å². The van der Waals surface area contributed by atoms with E-state index in [-0.39, 0.29) is 17.8 Å². The first-order valence-electron chi connectivity index (χ1n) is 7.09. The topological polar surface area (TPSA) is 29.5 Å². The summed E-state index contributed by atoms with van der Waals surface area (Å²) in [6.45, 7) is 4.76. The molecule has 96 valence electrons. The molecule has 2 aliphatic carbocycles. The Bertz CT molecular complexity index is 345. The fourth-order valence-corrected chi connectivity index (χ4v) is 4.44. The highest BCUT2D eigenvalue weighted by atomic mass is 16.5. The van der Waals surface area contributed by atoms with Crippen molar-refractivity contribution in [2.24, 2.45) is 11.8 Å². The Morgan fingerprint density at radius 3 is 2.82 bits per heavy atom. The molecule has 0 aromatic rings. The number of hydrogen-bond acceptors (Lipinski definition) is 2. The van der Waals surface area contributed by atoms with Gasteiger partial charge in [0.25, 0.3) is 0 Å². The Kier molecular flexibility index (Phi) is 2.64. The Balaban J connectivity index is 1.98. The van der Waals surface area contributed by atoms with Gasteiger partial charge >= 0.3 is 0 Å². The van der Waals surface area contributed by atoms with Crippen molar-refractivity contribution in [2.45, 2.75) is 63.6 Å². The molecule has 2 fully saturated rings. The van der Waals surface area contributed by atoms with E-state index in [2.05, 4.69) is 19.9 Å². The zero-order chi connectivity index (χ0) is 12.1. The summed E-state index contributed by atoms with van der Waals surface area (Å²) in [6.07, 6.45) is 9.43. The van der Waals surface area contributed by atoms with Crippen LogP contribution in [0, 0.1) is 11.8 Å². The van der Waals surface area contributed by atoms with Crippen molar-refractivity contribution in [3.05, 3.63) is 11.6 Å². The lowest BCUT2D eigenvalue weighted by Crippen LogP contribution is -2.44. The summed E-state index contributed by atoms with van der Waals surface area (Å²) in [5, 5.41) is 9.27. The molecule has 2 nitrogen and oxygen atoms in total. The lowest BCUT2D eigenvalue weighted by atomic mass is 9.63. The third kappa shape index (κ3) is 1.61. The smallest absolute Gasteiger partial charge is 0.0931 e. The monoisotopic (exact) mass is 236 g/mol. The molecule has 0 aromatic carbocycles. The quantitative estimate of drug-likeness (QED) is 0.747. The van der Waals surface area contributed by atoms with Crippen molar-refractivity contribution in [3.63, 3.8) is 0 Å². The van der Waals surface area contributed by atoms with E-state index in [0.717, 1.165) is 6.42 Å². The van der Waals surface area contributed by atoms with Crippen LogP contribution in [0.3, 0.4) is 0 Å². The van der Waals surface area contributed by atoms with Gasteiger partial charge in [-0.1, -0.05) is 6.08 Å². The molecule has 3 rings (SSSR count). The second-order valence-corrected chi connectivity index (χ2v) is 6.55. The summed E-state index contributed by atoms with van der Waals surface area (Å²) in [5.74, 6) is 1.41. The third-order valence-electron chi connectivity index (χ3n) is 5.33. The molecule has 0 amide bonds. The zero-order valence-corrected chi connectivity index (χ0v) is 11.0. The van der Waals surface area contributed by atoms with Crippen LogP contribution in [0.5, 0.6) is 0 Å². The van der Waals surface area contributed by atoms with Gasteiger partial charge in [0, 0.05) is 6.61 Å². The number of aliphatic hydroxyl groups is 1. The van der Waals surface area contributed by atoms with Gasteiger partial charge in [-0.2, -0.15) is 0 Å². The van der Waals surface area contributed by atoms with E-state index in [1.165, 1.54) is 37.7 Å². The highest BCUT2D eigenvalue weighted by Crippen LogP contribution is 2.59. The molecule has 2 bridgehead atoms. The summed E-state index contributed by atoms with van der Waals surface area (Å²) in [5.41, 5.74) is 1.42. The highest BCUT2D eigenvalue weighted by molar-refractivity contribution is 5.28. The normalized spacial score (nSPS) is 43.1. The van der Waals surface area contributed by atoms with E-state index in [1.54, 1.807) is 0 Å². The Morgan fingerprint density at radius 2 is 2.06 bits per heavy atom. The molecule has 3 atom stereocenters. The minimum Gasteiger partial charge on any atom is -0.396 e. The molecule has 0 radical (unpaired) electrons. The standard InChI is InChI=1S/C15H24O2/c1-14(2)13-7-6-11-4-3-5-12(8-9-16)15(11,10-13)17-14/h5,11,13,16H,3-4,6-10H2,1-2H3/t11?,13-,15-/m1/s1. The molecule has 0 aromatic heterocycles. The van der Waals surface area contributed by atoms with E-state index in [0.29, 0.717) is 11.8 Å². The predicted molar refractivity (Wildman–Crippen MR) is 67.7 cm³/mol. The number of rotatable bonds is 2. The average molecular weight is 236 g/mol. The van der Waals surface area contributed by atoms with Crippen LogP contribution in [-0.2, 0) is 4.74 Å². The zero-order valence-electron chi connectivity index (χ0n) is 11.0. The van der Waals surface area contributed by atoms with Gasteiger partial charge in [0.05, 0.1) is 11.2 Å². The van der Waals surface area contributed by atoms with E-state index >= 15 is 0 Å². The van der Waals surface area contributed by atoms with Crippen molar-refractivity contribution in [1.29, 1.82) is 0 Å². The van der Waals surface area contributed by atoms with Gasteiger partial charge in [-0.25, -0.2) is 0 Å². The SMILES string of the molecule is CC1(C)O[C@]23C[C@H]1CCC2CCC=C3CCO. The lowest BCUT2D eigenvalue weighted by molar-refractivity contribution is -0.0984. The molecule has 1 spiro atoms. The van der Waals surface area contributed by atoms with Crippen molar-refractivity contribution < 1.29 is 9.84 Å². The first-order valence-corrected chi connectivity index (χ1v) is 7.09. The number of allylic oxidation sites excluding steroid dienone is 1. The fraction of sp³-hybridized carbons (Fsp3) is 0.867. The molecular weight excluding hydrogens is 212 g/mol. The van der Waals surface area contributed by atoms with Crippen LogP contribution in [0.1, 0.15) is 52.4 Å². The molecule has 1 unspecified atom stereocenters. The number of aliphatic hydroxyl groups excluding tert-OH is 1. The summed E-state index contributed by atoms with van der Waals surface area (Å²) in [6, 6.07) is 0. The van der Waals surface area contributed by atoms with Crippen molar-refractivity contribution in [2.75, 3.05) is 6.61 Å². The Morgan fingerprint density at radius 1 is 1.29 bits per heavy atom. The van der Waals surface area contributed by atoms with Crippen LogP contribution in [0.15, 0.2) is 11.6 Å². The first-order chi connectivity index (χ1) is 8.08. The lowest BCUT2D eigenvalue weighted by Gasteiger charge is -2.44. The molecule has 1 aliphatic heterocycles. The first kappa shape index (κ1) is 11.7. The van der Waals surface area contributed by atoms with Crippen molar-refractivity contribution in [3.8, 4) is 0 Å². The largest absolute Gasteiger partial charge is 0.396 e. The Hall–Kier alpha value is -0.340. The van der Waals surface area contributed by atoms with Gasteiger partial charge in [-0.15, -0.1) is 0 Å². The molecule has 1 saturated heterocycles. The second-order valence-electron chi connectivity index (χ2n) is 6.55. The minimum atomic E-state index is -0.00655. The fourth-order valence-electron chi connectivity index (χ4n) is 4.44. The summed E-state index contributed by atoms with van der Waals surface area (Å²) < 4.78 is 6.55. The molecule has 3 aliphatic rings. The maximum absolute atomic E-state index is 9.27. The van der Waals surface area contributed by atoms with Gasteiger partial charge in [0.2, 0.25) is 0 Å². The van der Waals surface area contributed by atoms with Gasteiger partial charge in [0.1, 0.15) is 0 Å². The molecule has 17 heavy (non-hydrogen) atoms. The summed E-state index contributed by atoms with van der Waals surface area (Å²) in [7, 11) is 0. The molecule has 1 N–H and O–H groups in total. The number of ether oxygens (including phenoxy) is 1. The summed E-state index contributed by atoms with van der Waals surface area (Å²) in [4.78, 5) is 0. The van der Waals surface area contributed by atoms with Crippen molar-refractivity contribution >= 4 is 0 Å². The average Bonchev–Trinajstić information content (AvgIpc) is 2.48. The van der Waals surface area contributed by atoms with Crippen LogP contribution < -0.4 is 0 Å². The number of fused-ring (bicyclic) bond motifs is 1. The van der Waals surface area contributed by atoms with E-state index in [1.807, 2.05) is 0 Å². The summed E-state index contributed by atoms with van der Waals surface area (Å²) >= 11 is 0. The van der Waals surface area contributed by atoms with E-state index in [9.17, 15) is 5.11 Å². The van der Waals surface area contributed by atoms with Gasteiger partial charge < -0.3 is 9.84 Å². The molecule has 1 heterocycles. The molecule has 1 saturated carbocycles. The molecule has 2 heteroatoms. The van der Waals surface area contributed by atoms with Crippen LogP contribution in [-0.4, -0.2) is 22.9 Å². The minimum absolute atomic E-state index is 0.00655. The predicted octanol–water partition coefficient (Wildman–Crippen LogP) is 3.05. The Labute approximate surface area is 104 Å². The van der Waals surface area contributed by atoms with Gasteiger partial charge in [0.15, 0.2) is 0 Å². The van der Waals surface area contributed by atoms with Gasteiger partial charge in [-0.05, 0) is 69.8 Å². The maximum Gasteiger partial charge on any atom is 0.0931 e. The van der Waals surface area contributed by atoms with Gasteiger partial charge in [-0.3, -0.25) is 0 Å².